The second kappa shape index (κ2) is 6.91. The Labute approximate surface area is 141 Å². The Kier molecular flexibility index (Phi) is 4.92. The first-order valence-corrected chi connectivity index (χ1v) is 9.10. The summed E-state index contributed by atoms with van der Waals surface area (Å²) in [5.41, 5.74) is 6.87. The molecule has 1 saturated heterocycles. The maximum absolute atomic E-state index is 12.4. The third-order valence-electron chi connectivity index (χ3n) is 3.55. The Bertz CT molecular complexity index is 650. The minimum atomic E-state index is -0.0639. The normalized spacial score (nSPS) is 16.0. The maximum Gasteiger partial charge on any atom is 0.284 e. The van der Waals surface area contributed by atoms with E-state index in [9.17, 15) is 4.79 Å². The number of rotatable bonds is 4. The second-order valence-electron chi connectivity index (χ2n) is 5.14. The summed E-state index contributed by atoms with van der Waals surface area (Å²) in [7, 11) is 0. The van der Waals surface area contributed by atoms with Gasteiger partial charge in [-0.15, -0.1) is 10.2 Å². The van der Waals surface area contributed by atoms with Crippen LogP contribution in [0.5, 0.6) is 0 Å². The van der Waals surface area contributed by atoms with Crippen molar-refractivity contribution in [1.29, 1.82) is 0 Å². The number of piperidine rings is 1. The van der Waals surface area contributed by atoms with Gasteiger partial charge in [-0.3, -0.25) is 4.79 Å². The van der Waals surface area contributed by atoms with Gasteiger partial charge >= 0.3 is 0 Å². The van der Waals surface area contributed by atoms with Crippen molar-refractivity contribution in [3.05, 3.63) is 26.4 Å². The predicted octanol–water partition coefficient (Wildman–Crippen LogP) is 2.43. The molecule has 2 aromatic heterocycles. The van der Waals surface area contributed by atoms with Crippen LogP contribution in [0.3, 0.4) is 0 Å². The fourth-order valence-electron chi connectivity index (χ4n) is 2.22. The molecule has 1 aliphatic heterocycles. The van der Waals surface area contributed by atoms with Crippen molar-refractivity contribution in [2.45, 2.75) is 25.4 Å². The number of thiophene rings is 1. The highest BCUT2D eigenvalue weighted by Crippen LogP contribution is 2.23. The largest absolute Gasteiger partial charge is 0.356 e. The Morgan fingerprint density at radius 1 is 1.41 bits per heavy atom. The van der Waals surface area contributed by atoms with Gasteiger partial charge in [0.2, 0.25) is 10.1 Å². The van der Waals surface area contributed by atoms with Crippen LogP contribution < -0.4 is 11.1 Å². The summed E-state index contributed by atoms with van der Waals surface area (Å²) >= 11 is 8.86. The number of halogens is 1. The summed E-state index contributed by atoms with van der Waals surface area (Å²) in [4.78, 5) is 14.1. The summed E-state index contributed by atoms with van der Waals surface area (Å²) in [6.45, 7) is 1.95. The molecular weight excluding hydrogens is 342 g/mol. The molecule has 0 bridgehead atoms. The predicted molar refractivity (Wildman–Crippen MR) is 89.7 cm³/mol. The lowest BCUT2D eigenvalue weighted by Gasteiger charge is -2.29. The van der Waals surface area contributed by atoms with Crippen molar-refractivity contribution in [2.24, 2.45) is 5.73 Å². The van der Waals surface area contributed by atoms with Crippen molar-refractivity contribution in [2.75, 3.05) is 18.4 Å². The van der Waals surface area contributed by atoms with E-state index < -0.39 is 0 Å². The SMILES string of the molecule is NC1CCN(C(=O)c2nnc(NCc3cscc3Cl)s2)CC1. The molecule has 3 N–H and O–H groups in total. The summed E-state index contributed by atoms with van der Waals surface area (Å²) < 4.78 is 0. The topological polar surface area (TPSA) is 84.1 Å². The fourth-order valence-corrected chi connectivity index (χ4v) is 3.98. The van der Waals surface area contributed by atoms with Crippen molar-refractivity contribution in [3.8, 4) is 0 Å². The smallest absolute Gasteiger partial charge is 0.284 e. The number of amides is 1. The van der Waals surface area contributed by atoms with E-state index in [1.54, 1.807) is 16.2 Å². The number of hydrogen-bond acceptors (Lipinski definition) is 7. The highest BCUT2D eigenvalue weighted by atomic mass is 35.5. The molecule has 0 unspecified atom stereocenters. The fraction of sp³-hybridized carbons (Fsp3) is 0.462. The van der Waals surface area contributed by atoms with E-state index in [1.807, 2.05) is 10.8 Å². The first-order chi connectivity index (χ1) is 10.6. The van der Waals surface area contributed by atoms with Gasteiger partial charge in [0.25, 0.3) is 5.91 Å². The average Bonchev–Trinajstić information content (AvgIpc) is 3.14. The van der Waals surface area contributed by atoms with Gasteiger partial charge in [-0.1, -0.05) is 22.9 Å². The minimum Gasteiger partial charge on any atom is -0.356 e. The van der Waals surface area contributed by atoms with Crippen LogP contribution in [0.25, 0.3) is 0 Å². The van der Waals surface area contributed by atoms with Crippen LogP contribution in [0.2, 0.25) is 5.02 Å². The Morgan fingerprint density at radius 2 is 2.18 bits per heavy atom. The zero-order chi connectivity index (χ0) is 15.5. The van der Waals surface area contributed by atoms with Gasteiger partial charge in [0.15, 0.2) is 0 Å². The van der Waals surface area contributed by atoms with Crippen LogP contribution >= 0.6 is 34.3 Å². The molecule has 0 aromatic carbocycles. The molecule has 3 rings (SSSR count). The van der Waals surface area contributed by atoms with Crippen LogP contribution in [0.4, 0.5) is 5.13 Å². The molecular formula is C13H16ClN5OS2. The Hall–Kier alpha value is -1.22. The number of aromatic nitrogens is 2. The van der Waals surface area contributed by atoms with Gasteiger partial charge in [-0.25, -0.2) is 0 Å². The average molecular weight is 358 g/mol. The van der Waals surface area contributed by atoms with E-state index >= 15 is 0 Å². The lowest BCUT2D eigenvalue weighted by Crippen LogP contribution is -2.42. The Balaban J connectivity index is 1.58. The molecule has 22 heavy (non-hydrogen) atoms. The summed E-state index contributed by atoms with van der Waals surface area (Å²) in [5, 5.41) is 16.8. The number of carbonyl (C=O) groups excluding carboxylic acids is 1. The summed E-state index contributed by atoms with van der Waals surface area (Å²) in [5.74, 6) is -0.0639. The van der Waals surface area contributed by atoms with Crippen molar-refractivity contribution in [3.63, 3.8) is 0 Å². The van der Waals surface area contributed by atoms with Gasteiger partial charge in [-0.05, 0) is 18.2 Å². The van der Waals surface area contributed by atoms with Gasteiger partial charge in [-0.2, -0.15) is 11.3 Å². The number of anilines is 1. The number of hydrogen-bond donors (Lipinski definition) is 2. The molecule has 3 heterocycles. The molecule has 0 radical (unpaired) electrons. The zero-order valence-corrected chi connectivity index (χ0v) is 14.2. The van der Waals surface area contributed by atoms with Crippen LogP contribution in [0, 0.1) is 0 Å². The molecule has 9 heteroatoms. The highest BCUT2D eigenvalue weighted by molar-refractivity contribution is 7.17. The zero-order valence-electron chi connectivity index (χ0n) is 11.8. The standard InChI is InChI=1S/C13H16ClN5OS2/c14-10-7-21-6-8(10)5-16-13-18-17-11(22-13)12(20)19-3-1-9(15)2-4-19/h6-7,9H,1-5,15H2,(H,16,18). The molecule has 2 aromatic rings. The van der Waals surface area contributed by atoms with E-state index in [2.05, 4.69) is 15.5 Å². The van der Waals surface area contributed by atoms with Crippen LogP contribution in [0.1, 0.15) is 28.2 Å². The number of nitrogens with zero attached hydrogens (tertiary/aromatic N) is 3. The number of nitrogens with one attached hydrogen (secondary N) is 1. The Morgan fingerprint density at radius 3 is 2.86 bits per heavy atom. The lowest BCUT2D eigenvalue weighted by atomic mass is 10.1. The monoisotopic (exact) mass is 357 g/mol. The molecule has 6 nitrogen and oxygen atoms in total. The molecule has 0 spiro atoms. The number of nitrogens with two attached hydrogens (primary N) is 1. The van der Waals surface area contributed by atoms with Crippen LogP contribution in [-0.2, 0) is 6.54 Å². The van der Waals surface area contributed by atoms with Crippen LogP contribution in [0.15, 0.2) is 10.8 Å². The van der Waals surface area contributed by atoms with E-state index in [1.165, 1.54) is 11.3 Å². The maximum atomic E-state index is 12.4. The van der Waals surface area contributed by atoms with E-state index in [0.717, 1.165) is 23.4 Å². The van der Waals surface area contributed by atoms with Gasteiger partial charge in [0.1, 0.15) is 0 Å². The molecule has 1 amide bonds. The molecule has 1 fully saturated rings. The van der Waals surface area contributed by atoms with E-state index in [0.29, 0.717) is 29.8 Å². The molecule has 118 valence electrons. The summed E-state index contributed by atoms with van der Waals surface area (Å²) in [6.07, 6.45) is 1.68. The van der Waals surface area contributed by atoms with Crippen molar-refractivity contribution in [1.82, 2.24) is 15.1 Å². The van der Waals surface area contributed by atoms with Gasteiger partial charge in [0.05, 0.1) is 5.02 Å². The number of likely N-dealkylation sites (tertiary alicyclic amines) is 1. The first-order valence-electron chi connectivity index (χ1n) is 6.96. The van der Waals surface area contributed by atoms with Crippen LogP contribution in [-0.4, -0.2) is 40.1 Å². The van der Waals surface area contributed by atoms with E-state index in [4.69, 9.17) is 17.3 Å². The van der Waals surface area contributed by atoms with Gasteiger partial charge < -0.3 is 16.0 Å². The second-order valence-corrected chi connectivity index (χ2v) is 7.27. The van der Waals surface area contributed by atoms with Gasteiger partial charge in [0, 0.05) is 36.6 Å². The summed E-state index contributed by atoms with van der Waals surface area (Å²) in [6, 6.07) is 0.200. The third-order valence-corrected chi connectivity index (χ3v) is 5.70. The molecule has 0 saturated carbocycles. The minimum absolute atomic E-state index is 0.0639. The third kappa shape index (κ3) is 3.57. The lowest BCUT2D eigenvalue weighted by molar-refractivity contribution is 0.0713. The first kappa shape index (κ1) is 15.7. The van der Waals surface area contributed by atoms with Crippen molar-refractivity contribution >= 4 is 45.3 Å². The quantitative estimate of drug-likeness (QED) is 0.877. The molecule has 0 atom stereocenters. The highest BCUT2D eigenvalue weighted by Gasteiger charge is 2.24. The molecule has 0 aliphatic carbocycles. The molecule has 1 aliphatic rings. The number of carbonyl (C=O) groups is 1. The van der Waals surface area contributed by atoms with Crippen molar-refractivity contribution < 1.29 is 4.79 Å². The van der Waals surface area contributed by atoms with E-state index in [-0.39, 0.29) is 11.9 Å².